The van der Waals surface area contributed by atoms with Gasteiger partial charge >= 0.3 is 12.1 Å². The lowest BCUT2D eigenvalue weighted by atomic mass is 9.82. The molecule has 1 unspecified atom stereocenters. The van der Waals surface area contributed by atoms with Crippen LogP contribution in [0.1, 0.15) is 43.7 Å². The summed E-state index contributed by atoms with van der Waals surface area (Å²) in [5.74, 6) is -1.48. The van der Waals surface area contributed by atoms with E-state index in [0.717, 1.165) is 22.3 Å². The van der Waals surface area contributed by atoms with Gasteiger partial charge in [0.2, 0.25) is 5.91 Å². The van der Waals surface area contributed by atoms with Crippen molar-refractivity contribution in [3.8, 4) is 11.1 Å². The van der Waals surface area contributed by atoms with E-state index in [9.17, 15) is 19.5 Å². The van der Waals surface area contributed by atoms with Crippen molar-refractivity contribution in [3.05, 3.63) is 59.7 Å². The lowest BCUT2D eigenvalue weighted by molar-refractivity contribution is -0.149. The van der Waals surface area contributed by atoms with Crippen LogP contribution < -0.4 is 10.6 Å². The van der Waals surface area contributed by atoms with Gasteiger partial charge in [-0.15, -0.1) is 0 Å². The molecule has 0 aromatic heterocycles. The number of rotatable bonds is 11. The summed E-state index contributed by atoms with van der Waals surface area (Å²) in [5, 5.41) is 15.0. The number of nitrogens with one attached hydrogen (secondary N) is 2. The van der Waals surface area contributed by atoms with E-state index in [0.29, 0.717) is 12.8 Å². The average Bonchev–Trinajstić information content (AvgIpc) is 3.16. The number of likely N-dealkylation sites (N-methyl/N-ethyl adjacent to an activating group) is 1. The predicted octanol–water partition coefficient (Wildman–Crippen LogP) is 3.46. The number of carboxylic acid groups (broad SMARTS) is 1. The van der Waals surface area contributed by atoms with Crippen molar-refractivity contribution in [3.63, 3.8) is 0 Å². The second-order valence-corrected chi connectivity index (χ2v) is 9.30. The summed E-state index contributed by atoms with van der Waals surface area (Å²) < 4.78 is 5.59. The van der Waals surface area contributed by atoms with Crippen molar-refractivity contribution in [2.75, 3.05) is 33.8 Å². The second kappa shape index (κ2) is 11.4. The molecular formula is C27H35N3O5. The molecule has 1 aliphatic carbocycles. The highest BCUT2D eigenvalue weighted by Crippen LogP contribution is 2.44. The predicted molar refractivity (Wildman–Crippen MR) is 134 cm³/mol. The van der Waals surface area contributed by atoms with E-state index < -0.39 is 29.4 Å². The first kappa shape index (κ1) is 26.2. The number of hydrogen-bond donors (Lipinski definition) is 3. The summed E-state index contributed by atoms with van der Waals surface area (Å²) in [6.07, 6.45) is 0.0819. The first-order valence-electron chi connectivity index (χ1n) is 12.0. The Balaban J connectivity index is 1.65. The number of hydrogen-bond acceptors (Lipinski definition) is 5. The van der Waals surface area contributed by atoms with Crippen LogP contribution in [0.15, 0.2) is 48.5 Å². The van der Waals surface area contributed by atoms with Crippen molar-refractivity contribution in [1.82, 2.24) is 15.5 Å². The number of aliphatic carboxylic acids is 1. The van der Waals surface area contributed by atoms with Gasteiger partial charge in [0.05, 0.1) is 5.41 Å². The van der Waals surface area contributed by atoms with Gasteiger partial charge in [0.1, 0.15) is 12.6 Å². The molecule has 8 nitrogen and oxygen atoms in total. The van der Waals surface area contributed by atoms with Gasteiger partial charge in [-0.1, -0.05) is 62.4 Å². The SMILES string of the molecule is CCC(CC)(CNC(=O)C(CN(C)C)NC(=O)OCC1c2ccccc2-c2ccccc21)C(=O)O. The topological polar surface area (TPSA) is 108 Å². The molecule has 2 aromatic carbocycles. The molecule has 35 heavy (non-hydrogen) atoms. The Kier molecular flexibility index (Phi) is 8.51. The zero-order valence-corrected chi connectivity index (χ0v) is 20.8. The Hall–Kier alpha value is -3.39. The minimum atomic E-state index is -1.04. The van der Waals surface area contributed by atoms with Crippen LogP contribution in [0.3, 0.4) is 0 Å². The number of fused-ring (bicyclic) bond motifs is 3. The molecule has 3 rings (SSSR count). The summed E-state index contributed by atoms with van der Waals surface area (Å²) in [5.41, 5.74) is 3.44. The zero-order chi connectivity index (χ0) is 25.6. The Labute approximate surface area is 206 Å². The summed E-state index contributed by atoms with van der Waals surface area (Å²) in [6, 6.07) is 15.3. The maximum absolute atomic E-state index is 12.9. The first-order chi connectivity index (χ1) is 16.7. The molecule has 0 spiro atoms. The highest BCUT2D eigenvalue weighted by molar-refractivity contribution is 5.86. The smallest absolute Gasteiger partial charge is 0.407 e. The number of benzene rings is 2. The third kappa shape index (κ3) is 5.82. The fraction of sp³-hybridized carbons (Fsp3) is 0.444. The molecular weight excluding hydrogens is 446 g/mol. The average molecular weight is 482 g/mol. The Morgan fingerprint density at radius 3 is 2.03 bits per heavy atom. The Morgan fingerprint density at radius 1 is 1.00 bits per heavy atom. The van der Waals surface area contributed by atoms with Gasteiger partial charge in [0.25, 0.3) is 0 Å². The normalized spacial score (nSPS) is 13.6. The molecule has 188 valence electrons. The number of nitrogens with zero attached hydrogens (tertiary/aromatic N) is 1. The first-order valence-corrected chi connectivity index (χ1v) is 12.0. The molecule has 0 bridgehead atoms. The van der Waals surface area contributed by atoms with Crippen LogP contribution >= 0.6 is 0 Å². The molecule has 8 heteroatoms. The third-order valence-electron chi connectivity index (χ3n) is 6.91. The lowest BCUT2D eigenvalue weighted by Crippen LogP contribution is -2.54. The summed E-state index contributed by atoms with van der Waals surface area (Å²) >= 11 is 0. The minimum absolute atomic E-state index is 0.00946. The molecule has 1 aliphatic rings. The van der Waals surface area contributed by atoms with E-state index in [2.05, 4.69) is 22.8 Å². The lowest BCUT2D eigenvalue weighted by Gasteiger charge is -2.28. The number of alkyl carbamates (subject to hydrolysis) is 1. The van der Waals surface area contributed by atoms with Crippen LogP contribution in [-0.4, -0.2) is 67.8 Å². The molecule has 2 aromatic rings. The van der Waals surface area contributed by atoms with Crippen molar-refractivity contribution < 1.29 is 24.2 Å². The van der Waals surface area contributed by atoms with Gasteiger partial charge < -0.3 is 25.4 Å². The maximum Gasteiger partial charge on any atom is 0.407 e. The van der Waals surface area contributed by atoms with Crippen molar-refractivity contribution in [1.29, 1.82) is 0 Å². The third-order valence-corrected chi connectivity index (χ3v) is 6.91. The summed E-state index contributed by atoms with van der Waals surface area (Å²) in [4.78, 5) is 39.2. The van der Waals surface area contributed by atoms with Gasteiger partial charge in [-0.25, -0.2) is 4.79 Å². The van der Waals surface area contributed by atoms with Crippen LogP contribution in [0.4, 0.5) is 4.79 Å². The fourth-order valence-corrected chi connectivity index (χ4v) is 4.60. The summed E-state index contributed by atoms with van der Waals surface area (Å²) in [6.45, 7) is 3.95. The molecule has 0 heterocycles. The van der Waals surface area contributed by atoms with Crippen molar-refractivity contribution in [2.45, 2.75) is 38.6 Å². The number of carboxylic acids is 1. The Bertz CT molecular complexity index is 1020. The van der Waals surface area contributed by atoms with Crippen LogP contribution in [0.25, 0.3) is 11.1 Å². The van der Waals surface area contributed by atoms with Crippen molar-refractivity contribution in [2.24, 2.45) is 5.41 Å². The van der Waals surface area contributed by atoms with E-state index in [4.69, 9.17) is 4.74 Å². The quantitative estimate of drug-likeness (QED) is 0.454. The van der Waals surface area contributed by atoms with E-state index in [1.54, 1.807) is 32.8 Å². The fourth-order valence-electron chi connectivity index (χ4n) is 4.60. The molecule has 3 N–H and O–H groups in total. The minimum Gasteiger partial charge on any atom is -0.481 e. The highest BCUT2D eigenvalue weighted by atomic mass is 16.5. The number of amides is 2. The molecule has 2 amide bonds. The van der Waals surface area contributed by atoms with E-state index in [1.165, 1.54) is 0 Å². The monoisotopic (exact) mass is 481 g/mol. The van der Waals surface area contributed by atoms with Crippen LogP contribution in [0.5, 0.6) is 0 Å². The largest absolute Gasteiger partial charge is 0.481 e. The van der Waals surface area contributed by atoms with Crippen LogP contribution in [0, 0.1) is 5.41 Å². The highest BCUT2D eigenvalue weighted by Gasteiger charge is 2.36. The van der Waals surface area contributed by atoms with E-state index >= 15 is 0 Å². The molecule has 0 saturated carbocycles. The van der Waals surface area contributed by atoms with Crippen LogP contribution in [0.2, 0.25) is 0 Å². The zero-order valence-electron chi connectivity index (χ0n) is 20.8. The Morgan fingerprint density at radius 2 is 1.54 bits per heavy atom. The van der Waals surface area contributed by atoms with Gasteiger partial charge in [-0.2, -0.15) is 0 Å². The van der Waals surface area contributed by atoms with E-state index in [1.807, 2.05) is 36.4 Å². The molecule has 0 aliphatic heterocycles. The molecule has 0 saturated heterocycles. The van der Waals surface area contributed by atoms with Gasteiger partial charge in [0.15, 0.2) is 0 Å². The van der Waals surface area contributed by atoms with Gasteiger partial charge in [-0.3, -0.25) is 9.59 Å². The van der Waals surface area contributed by atoms with Crippen LogP contribution in [-0.2, 0) is 14.3 Å². The van der Waals surface area contributed by atoms with Crippen molar-refractivity contribution >= 4 is 18.0 Å². The maximum atomic E-state index is 12.9. The second-order valence-electron chi connectivity index (χ2n) is 9.30. The van der Waals surface area contributed by atoms with Gasteiger partial charge in [-0.05, 0) is 49.2 Å². The summed E-state index contributed by atoms with van der Waals surface area (Å²) in [7, 11) is 3.58. The number of carbonyl (C=O) groups excluding carboxylic acids is 2. The number of carbonyl (C=O) groups is 3. The van der Waals surface area contributed by atoms with E-state index in [-0.39, 0.29) is 25.6 Å². The molecule has 0 fully saturated rings. The number of ether oxygens (including phenoxy) is 1. The van der Waals surface area contributed by atoms with Gasteiger partial charge in [0, 0.05) is 19.0 Å². The molecule has 1 atom stereocenters. The standard InChI is InChI=1S/C27H35N3O5/c1-5-27(6-2,25(32)33)17-28-24(31)23(15-30(3)4)29-26(34)35-16-22-20-13-9-7-11-18(20)19-12-8-10-14-21(19)22/h7-14,22-23H,5-6,15-17H2,1-4H3,(H,28,31)(H,29,34)(H,32,33). The molecule has 0 radical (unpaired) electrons.